The van der Waals surface area contributed by atoms with Crippen LogP contribution in [0.4, 0.5) is 5.69 Å². The van der Waals surface area contributed by atoms with Crippen molar-refractivity contribution in [1.82, 2.24) is 4.90 Å². The highest BCUT2D eigenvalue weighted by atomic mass is 16.5. The lowest BCUT2D eigenvalue weighted by molar-refractivity contribution is 0.0300. The van der Waals surface area contributed by atoms with Crippen molar-refractivity contribution in [2.45, 2.75) is 0 Å². The Balaban J connectivity index is 2.22. The van der Waals surface area contributed by atoms with Gasteiger partial charge in [-0.3, -0.25) is 4.79 Å². The van der Waals surface area contributed by atoms with Crippen LogP contribution in [0.5, 0.6) is 5.75 Å². The van der Waals surface area contributed by atoms with Crippen LogP contribution in [0.25, 0.3) is 0 Å². The van der Waals surface area contributed by atoms with Crippen LogP contribution in [0.1, 0.15) is 10.4 Å². The van der Waals surface area contributed by atoms with E-state index >= 15 is 0 Å². The molecule has 2 rings (SSSR count). The van der Waals surface area contributed by atoms with E-state index < -0.39 is 0 Å². The van der Waals surface area contributed by atoms with Gasteiger partial charge in [0.15, 0.2) is 0 Å². The highest BCUT2D eigenvalue weighted by molar-refractivity contribution is 5.97. The van der Waals surface area contributed by atoms with Crippen molar-refractivity contribution in [3.05, 3.63) is 36.4 Å². The quantitative estimate of drug-likeness (QED) is 0.656. The van der Waals surface area contributed by atoms with E-state index in [1.807, 2.05) is 0 Å². The van der Waals surface area contributed by atoms with Gasteiger partial charge in [0.2, 0.25) is 0 Å². The molecule has 0 aromatic heterocycles. The Labute approximate surface area is 112 Å². The summed E-state index contributed by atoms with van der Waals surface area (Å²) in [5.41, 5.74) is 6.79. The summed E-state index contributed by atoms with van der Waals surface area (Å²) >= 11 is 0. The standard InChI is InChI=1S/C14H18N2O3/c1-2-7-19-13-4-3-11(15)10-12(13)14(17)16-5-8-18-9-6-16/h2-4,10H,1,5-9,15H2. The second-order valence-electron chi connectivity index (χ2n) is 4.26. The molecule has 0 saturated carbocycles. The number of hydrogen-bond donors (Lipinski definition) is 1. The first-order valence-electron chi connectivity index (χ1n) is 6.22. The molecule has 1 aliphatic rings. The van der Waals surface area contributed by atoms with E-state index in [-0.39, 0.29) is 5.91 Å². The van der Waals surface area contributed by atoms with Gasteiger partial charge in [0, 0.05) is 18.8 Å². The van der Waals surface area contributed by atoms with Gasteiger partial charge in [0.05, 0.1) is 18.8 Å². The monoisotopic (exact) mass is 262 g/mol. The van der Waals surface area contributed by atoms with Crippen molar-refractivity contribution in [3.63, 3.8) is 0 Å². The third-order valence-electron chi connectivity index (χ3n) is 2.89. The Hall–Kier alpha value is -2.01. The van der Waals surface area contributed by atoms with Crippen molar-refractivity contribution in [1.29, 1.82) is 0 Å². The molecule has 1 heterocycles. The topological polar surface area (TPSA) is 64.8 Å². The zero-order chi connectivity index (χ0) is 13.7. The molecule has 0 unspecified atom stereocenters. The van der Waals surface area contributed by atoms with Crippen LogP contribution < -0.4 is 10.5 Å². The minimum absolute atomic E-state index is 0.0744. The van der Waals surface area contributed by atoms with Gasteiger partial charge < -0.3 is 20.1 Å². The first kappa shape index (κ1) is 13.4. The maximum absolute atomic E-state index is 12.4. The number of carbonyl (C=O) groups excluding carboxylic acids is 1. The van der Waals surface area contributed by atoms with E-state index in [1.165, 1.54) is 0 Å². The molecule has 1 aromatic rings. The lowest BCUT2D eigenvalue weighted by atomic mass is 10.1. The minimum atomic E-state index is -0.0744. The summed E-state index contributed by atoms with van der Waals surface area (Å²) in [5, 5.41) is 0. The fourth-order valence-corrected chi connectivity index (χ4v) is 1.93. The molecule has 1 fully saturated rings. The minimum Gasteiger partial charge on any atom is -0.489 e. The molecule has 1 saturated heterocycles. The molecular formula is C14H18N2O3. The smallest absolute Gasteiger partial charge is 0.257 e. The van der Waals surface area contributed by atoms with Crippen LogP contribution in [0.15, 0.2) is 30.9 Å². The average Bonchev–Trinajstić information content (AvgIpc) is 2.46. The zero-order valence-corrected chi connectivity index (χ0v) is 10.8. The van der Waals surface area contributed by atoms with Gasteiger partial charge in [-0.05, 0) is 18.2 Å². The summed E-state index contributed by atoms with van der Waals surface area (Å²) in [4.78, 5) is 14.2. The molecule has 102 valence electrons. The summed E-state index contributed by atoms with van der Waals surface area (Å²) < 4.78 is 10.7. The molecule has 2 N–H and O–H groups in total. The molecule has 0 atom stereocenters. The number of rotatable bonds is 4. The van der Waals surface area contributed by atoms with E-state index in [1.54, 1.807) is 29.2 Å². The molecule has 1 aromatic carbocycles. The first-order chi connectivity index (χ1) is 9.22. The van der Waals surface area contributed by atoms with Gasteiger partial charge in [-0.25, -0.2) is 0 Å². The van der Waals surface area contributed by atoms with Crippen LogP contribution in [0.3, 0.4) is 0 Å². The number of nitrogens with zero attached hydrogens (tertiary/aromatic N) is 1. The predicted octanol–water partition coefficient (Wildman–Crippen LogP) is 1.31. The van der Waals surface area contributed by atoms with E-state index in [9.17, 15) is 4.79 Å². The first-order valence-corrected chi connectivity index (χ1v) is 6.22. The Morgan fingerprint density at radius 3 is 2.89 bits per heavy atom. The van der Waals surface area contributed by atoms with Crippen molar-refractivity contribution in [2.24, 2.45) is 0 Å². The van der Waals surface area contributed by atoms with Crippen LogP contribution in [0.2, 0.25) is 0 Å². The summed E-state index contributed by atoms with van der Waals surface area (Å²) in [7, 11) is 0. The van der Waals surface area contributed by atoms with E-state index in [4.69, 9.17) is 15.2 Å². The lowest BCUT2D eigenvalue weighted by Crippen LogP contribution is -2.40. The van der Waals surface area contributed by atoms with Gasteiger partial charge in [-0.1, -0.05) is 12.7 Å². The largest absolute Gasteiger partial charge is 0.489 e. The van der Waals surface area contributed by atoms with Crippen LogP contribution in [0, 0.1) is 0 Å². The number of morpholine rings is 1. The van der Waals surface area contributed by atoms with Crippen molar-refractivity contribution in [2.75, 3.05) is 38.6 Å². The van der Waals surface area contributed by atoms with Gasteiger partial charge in [0.25, 0.3) is 5.91 Å². The molecule has 1 aliphatic heterocycles. The fraction of sp³-hybridized carbons (Fsp3) is 0.357. The maximum Gasteiger partial charge on any atom is 0.257 e. The highest BCUT2D eigenvalue weighted by Crippen LogP contribution is 2.23. The number of nitrogen functional groups attached to an aromatic ring is 1. The molecule has 0 spiro atoms. The fourth-order valence-electron chi connectivity index (χ4n) is 1.93. The Bertz CT molecular complexity index is 468. The Morgan fingerprint density at radius 1 is 1.47 bits per heavy atom. The lowest BCUT2D eigenvalue weighted by Gasteiger charge is -2.27. The maximum atomic E-state index is 12.4. The van der Waals surface area contributed by atoms with Crippen LogP contribution in [-0.4, -0.2) is 43.7 Å². The molecule has 0 radical (unpaired) electrons. The zero-order valence-electron chi connectivity index (χ0n) is 10.8. The molecule has 19 heavy (non-hydrogen) atoms. The second-order valence-corrected chi connectivity index (χ2v) is 4.26. The number of ether oxygens (including phenoxy) is 2. The summed E-state index contributed by atoms with van der Waals surface area (Å²) in [6, 6.07) is 5.08. The average molecular weight is 262 g/mol. The molecule has 0 aliphatic carbocycles. The van der Waals surface area contributed by atoms with Crippen LogP contribution in [-0.2, 0) is 4.74 Å². The van der Waals surface area contributed by atoms with Crippen LogP contribution >= 0.6 is 0 Å². The normalized spacial score (nSPS) is 15.1. The predicted molar refractivity (Wildman–Crippen MR) is 73.3 cm³/mol. The van der Waals surface area contributed by atoms with Crippen molar-refractivity contribution >= 4 is 11.6 Å². The number of amides is 1. The SMILES string of the molecule is C=CCOc1ccc(N)cc1C(=O)N1CCOCC1. The third-order valence-corrected chi connectivity index (χ3v) is 2.89. The van der Waals surface area contributed by atoms with Gasteiger partial charge in [-0.15, -0.1) is 0 Å². The van der Waals surface area contributed by atoms with Gasteiger partial charge >= 0.3 is 0 Å². The van der Waals surface area contributed by atoms with E-state index in [0.29, 0.717) is 49.9 Å². The summed E-state index contributed by atoms with van der Waals surface area (Å²) in [6.45, 7) is 6.27. The number of hydrogen-bond acceptors (Lipinski definition) is 4. The third kappa shape index (κ3) is 3.26. The van der Waals surface area contributed by atoms with E-state index in [2.05, 4.69) is 6.58 Å². The molecule has 1 amide bonds. The molecule has 5 nitrogen and oxygen atoms in total. The second kappa shape index (κ2) is 6.24. The van der Waals surface area contributed by atoms with Gasteiger partial charge in [-0.2, -0.15) is 0 Å². The number of carbonyl (C=O) groups is 1. The highest BCUT2D eigenvalue weighted by Gasteiger charge is 2.21. The summed E-state index contributed by atoms with van der Waals surface area (Å²) in [6.07, 6.45) is 1.64. The van der Waals surface area contributed by atoms with Crippen molar-refractivity contribution in [3.8, 4) is 5.75 Å². The number of benzene rings is 1. The Morgan fingerprint density at radius 2 is 2.21 bits per heavy atom. The van der Waals surface area contributed by atoms with Gasteiger partial charge in [0.1, 0.15) is 12.4 Å². The number of nitrogens with two attached hydrogens (primary N) is 1. The molecular weight excluding hydrogens is 244 g/mol. The summed E-state index contributed by atoms with van der Waals surface area (Å²) in [5.74, 6) is 0.459. The molecule has 5 heteroatoms. The van der Waals surface area contributed by atoms with Crippen molar-refractivity contribution < 1.29 is 14.3 Å². The Kier molecular flexibility index (Phi) is 4.41. The molecule has 0 bridgehead atoms. The van der Waals surface area contributed by atoms with E-state index in [0.717, 1.165) is 0 Å². The number of anilines is 1.